The van der Waals surface area contributed by atoms with Crippen LogP contribution in [0.15, 0.2) is 101 Å². The Morgan fingerprint density at radius 2 is 1.52 bits per heavy atom. The van der Waals surface area contributed by atoms with Crippen molar-refractivity contribution in [3.05, 3.63) is 96.8 Å². The summed E-state index contributed by atoms with van der Waals surface area (Å²) in [7, 11) is 0. The predicted octanol–water partition coefficient (Wildman–Crippen LogP) is 6.03. The molecule has 0 amide bonds. The third-order valence-electron chi connectivity index (χ3n) is 3.38. The zero-order chi connectivity index (χ0) is 17.2. The Bertz CT molecular complexity index is 826. The van der Waals surface area contributed by atoms with Gasteiger partial charge in [-0.2, -0.15) is 0 Å². The molecule has 0 aromatic carbocycles. The second-order valence-electron chi connectivity index (χ2n) is 5.08. The van der Waals surface area contributed by atoms with Crippen molar-refractivity contribution in [2.45, 2.75) is 0 Å². The van der Waals surface area contributed by atoms with Gasteiger partial charge in [0.05, 0.1) is 11.4 Å². The van der Waals surface area contributed by atoms with E-state index in [1.807, 2.05) is 84.5 Å². The molecule has 0 unspecified atom stereocenters. The van der Waals surface area contributed by atoms with E-state index in [0.717, 1.165) is 22.5 Å². The van der Waals surface area contributed by atoms with E-state index in [0.29, 0.717) is 0 Å². The summed E-state index contributed by atoms with van der Waals surface area (Å²) in [5.41, 5.74) is 3.83. The van der Waals surface area contributed by atoms with Crippen molar-refractivity contribution in [3.8, 4) is 22.5 Å². The maximum Gasteiger partial charge on any atom is 0.119 e. The minimum absolute atomic E-state index is 0.856. The molecule has 0 bridgehead atoms. The van der Waals surface area contributed by atoms with Crippen LogP contribution < -0.4 is 0 Å². The van der Waals surface area contributed by atoms with Gasteiger partial charge in [-0.05, 0) is 24.3 Å². The monoisotopic (exact) mass is 349 g/mol. The summed E-state index contributed by atoms with van der Waals surface area (Å²) in [6, 6.07) is 23.7. The zero-order valence-electron chi connectivity index (χ0n) is 13.6. The van der Waals surface area contributed by atoms with E-state index in [1.54, 1.807) is 6.26 Å². The molecule has 3 rings (SSSR count). The Kier molecular flexibility index (Phi) is 6.13. The van der Waals surface area contributed by atoms with Gasteiger partial charge >= 0.3 is 0 Å². The molecule has 5 heteroatoms. The van der Waals surface area contributed by atoms with Crippen molar-refractivity contribution in [1.29, 1.82) is 0 Å². The molecule has 4 nitrogen and oxygen atoms in total. The van der Waals surface area contributed by atoms with Crippen molar-refractivity contribution in [2.75, 3.05) is 0 Å². The number of rotatable bonds is 2. The maximum atomic E-state index is 5.38. The Morgan fingerprint density at radius 3 is 2.48 bits per heavy atom. The van der Waals surface area contributed by atoms with E-state index in [-0.39, 0.29) is 0 Å². The van der Waals surface area contributed by atoms with Crippen LogP contribution >= 0.6 is 11.5 Å². The molecule has 0 fully saturated rings. The van der Waals surface area contributed by atoms with Gasteiger partial charge in [0.25, 0.3) is 0 Å². The highest BCUT2D eigenvalue weighted by molar-refractivity contribution is 7.03. The standard InChI is InChI=1S/C20H19N3OS/c1-4-10-17(19-11-5-2-8-14-24-22-19)18(16-21-13-7-1)20-12-6-3-9-15-25-23-20/h1-16,21-23H. The summed E-state index contributed by atoms with van der Waals surface area (Å²) < 4.78 is 8.75. The van der Waals surface area contributed by atoms with E-state index < -0.39 is 0 Å². The van der Waals surface area contributed by atoms with E-state index in [1.165, 1.54) is 11.5 Å². The van der Waals surface area contributed by atoms with Gasteiger partial charge < -0.3 is 13.9 Å². The van der Waals surface area contributed by atoms with Gasteiger partial charge in [-0.1, -0.05) is 60.1 Å². The minimum Gasteiger partial charge on any atom is -0.390 e. The molecule has 0 aliphatic rings. The first kappa shape index (κ1) is 16.7. The second-order valence-corrected chi connectivity index (χ2v) is 5.79. The Balaban J connectivity index is 2.33. The number of hydrogen-bond donors (Lipinski definition) is 3. The molecule has 0 saturated carbocycles. The third-order valence-corrected chi connectivity index (χ3v) is 4.01. The first-order chi connectivity index (χ1) is 12.4. The molecular formula is C20H19N3OS. The predicted molar refractivity (Wildman–Crippen MR) is 103 cm³/mol. The van der Waals surface area contributed by atoms with Gasteiger partial charge in [-0.3, -0.25) is 0 Å². The molecule has 3 heterocycles. The first-order valence-corrected chi connectivity index (χ1v) is 8.74. The fraction of sp³-hybridized carbons (Fsp3) is 0. The molecule has 0 spiro atoms. The second kappa shape index (κ2) is 9.20. The zero-order valence-corrected chi connectivity index (χ0v) is 14.4. The quantitative estimate of drug-likeness (QED) is 0.519. The molecule has 0 saturated heterocycles. The lowest BCUT2D eigenvalue weighted by molar-refractivity contribution is 0.407. The summed E-state index contributed by atoms with van der Waals surface area (Å²) in [6.07, 6.45) is 5.46. The van der Waals surface area contributed by atoms with Crippen LogP contribution in [-0.2, 0) is 0 Å². The number of H-pyrrole nitrogens is 3. The van der Waals surface area contributed by atoms with Crippen LogP contribution in [0.2, 0.25) is 0 Å². The van der Waals surface area contributed by atoms with Crippen LogP contribution in [0.1, 0.15) is 0 Å². The normalized spacial score (nSPS) is 9.60. The summed E-state index contributed by atoms with van der Waals surface area (Å²) in [6.45, 7) is 0. The van der Waals surface area contributed by atoms with E-state index in [2.05, 4.69) is 20.6 Å². The number of hydrogen-bond acceptors (Lipinski definition) is 2. The molecule has 3 N–H and O–H groups in total. The van der Waals surface area contributed by atoms with Crippen molar-refractivity contribution in [1.82, 2.24) is 14.5 Å². The van der Waals surface area contributed by atoms with Crippen LogP contribution in [0.4, 0.5) is 0 Å². The minimum atomic E-state index is 0.856. The summed E-state index contributed by atoms with van der Waals surface area (Å²) in [5, 5.41) is 4.99. The van der Waals surface area contributed by atoms with E-state index in [9.17, 15) is 0 Å². The molecule has 25 heavy (non-hydrogen) atoms. The fourth-order valence-electron chi connectivity index (χ4n) is 2.24. The van der Waals surface area contributed by atoms with Crippen LogP contribution in [0.5, 0.6) is 0 Å². The van der Waals surface area contributed by atoms with Crippen LogP contribution in [0, 0.1) is 0 Å². The van der Waals surface area contributed by atoms with Crippen LogP contribution in [-0.4, -0.2) is 14.5 Å². The summed E-state index contributed by atoms with van der Waals surface area (Å²) in [5.74, 6) is 0. The number of aromatic amines is 3. The van der Waals surface area contributed by atoms with Gasteiger partial charge in [0, 0.05) is 28.9 Å². The average molecular weight is 349 g/mol. The first-order valence-electron chi connectivity index (χ1n) is 7.86. The summed E-state index contributed by atoms with van der Waals surface area (Å²) in [4.78, 5) is 3.21. The summed E-state index contributed by atoms with van der Waals surface area (Å²) >= 11 is 1.53. The Labute approximate surface area is 150 Å². The van der Waals surface area contributed by atoms with Crippen molar-refractivity contribution < 1.29 is 4.52 Å². The number of nitrogens with one attached hydrogen (secondary N) is 3. The van der Waals surface area contributed by atoms with Crippen molar-refractivity contribution in [2.24, 2.45) is 0 Å². The van der Waals surface area contributed by atoms with Gasteiger partial charge in [0.2, 0.25) is 0 Å². The molecular weight excluding hydrogens is 330 g/mol. The van der Waals surface area contributed by atoms with Crippen molar-refractivity contribution in [3.63, 3.8) is 0 Å². The lowest BCUT2D eigenvalue weighted by Crippen LogP contribution is -1.86. The number of aromatic nitrogens is 3. The van der Waals surface area contributed by atoms with Gasteiger partial charge in [0.1, 0.15) is 6.26 Å². The van der Waals surface area contributed by atoms with Gasteiger partial charge in [-0.15, -0.1) is 0 Å². The smallest absolute Gasteiger partial charge is 0.119 e. The molecule has 0 atom stereocenters. The molecule has 0 aliphatic heterocycles. The van der Waals surface area contributed by atoms with E-state index in [4.69, 9.17) is 4.52 Å². The molecule has 0 aliphatic carbocycles. The molecule has 0 radical (unpaired) electrons. The highest BCUT2D eigenvalue weighted by Gasteiger charge is 2.05. The molecule has 126 valence electrons. The maximum absolute atomic E-state index is 5.38. The lowest BCUT2D eigenvalue weighted by atomic mass is 10.1. The van der Waals surface area contributed by atoms with Crippen LogP contribution in [0.3, 0.4) is 0 Å². The van der Waals surface area contributed by atoms with Crippen molar-refractivity contribution >= 4 is 11.5 Å². The van der Waals surface area contributed by atoms with Gasteiger partial charge in [-0.25, -0.2) is 5.16 Å². The largest absolute Gasteiger partial charge is 0.390 e. The highest BCUT2D eigenvalue weighted by atomic mass is 32.1. The van der Waals surface area contributed by atoms with Crippen LogP contribution in [0.25, 0.3) is 22.5 Å². The Morgan fingerprint density at radius 1 is 0.720 bits per heavy atom. The topological polar surface area (TPSA) is 60.5 Å². The molecule has 3 aromatic rings. The lowest BCUT2D eigenvalue weighted by Gasteiger charge is -2.06. The van der Waals surface area contributed by atoms with Gasteiger partial charge in [0.15, 0.2) is 0 Å². The third kappa shape index (κ3) is 4.89. The SMILES string of the molecule is c1cco[nH]c(-c2ccccc[nH]cc2-c2cccccs[nH]2)cc1. The fourth-order valence-corrected chi connectivity index (χ4v) is 2.78. The molecule has 3 aromatic heterocycles. The average Bonchev–Trinajstić information content (AvgIpc) is 2.67. The highest BCUT2D eigenvalue weighted by Crippen LogP contribution is 2.27. The van der Waals surface area contributed by atoms with E-state index >= 15 is 0 Å². The Hall–Kier alpha value is -3.18.